The van der Waals surface area contributed by atoms with E-state index in [1.54, 1.807) is 108 Å². The Morgan fingerprint density at radius 2 is 0.961 bits per heavy atom. The molecule has 6 heterocycles. The first-order chi connectivity index (χ1) is 36.5. The number of hydrogen-bond donors (Lipinski definition) is 4. The van der Waals surface area contributed by atoms with E-state index in [0.29, 0.717) is 27.0 Å². The number of ether oxygens (including phenoxy) is 3. The maximum absolute atomic E-state index is 13.7. The molecule has 0 spiro atoms. The molecule has 0 unspecified atom stereocenters. The zero-order valence-corrected chi connectivity index (χ0v) is 46.3. The van der Waals surface area contributed by atoms with Crippen molar-refractivity contribution in [2.24, 2.45) is 14.1 Å². The normalized spacial score (nSPS) is 11.1. The number of hydrogen-bond acceptors (Lipinski definition) is 13. The van der Waals surface area contributed by atoms with Crippen LogP contribution in [0, 0.1) is 11.6 Å². The van der Waals surface area contributed by atoms with Crippen molar-refractivity contribution in [2.75, 3.05) is 30.8 Å². The first-order valence-corrected chi connectivity index (χ1v) is 24.7. The van der Waals surface area contributed by atoms with Gasteiger partial charge >= 0.3 is 40.8 Å². The Balaban J connectivity index is 0.000000242. The molecule has 0 saturated heterocycles. The van der Waals surface area contributed by atoms with E-state index in [1.165, 1.54) is 50.5 Å². The molecule has 404 valence electrons. The van der Waals surface area contributed by atoms with Gasteiger partial charge in [0.25, 0.3) is 0 Å². The van der Waals surface area contributed by atoms with E-state index < -0.39 is 47.7 Å². The molecule has 0 aliphatic rings. The molecule has 2 aromatic carbocycles. The van der Waals surface area contributed by atoms with Gasteiger partial charge in [0.1, 0.15) is 64.4 Å². The van der Waals surface area contributed by atoms with E-state index in [2.05, 4.69) is 52.1 Å². The first kappa shape index (κ1) is 58.1. The van der Waals surface area contributed by atoms with Gasteiger partial charge in [-0.2, -0.15) is 0 Å². The number of pyridine rings is 4. The summed E-state index contributed by atoms with van der Waals surface area (Å²) in [7, 11) is 4.87. The van der Waals surface area contributed by atoms with Gasteiger partial charge in [0, 0.05) is 60.8 Å². The van der Waals surface area contributed by atoms with Crippen LogP contribution in [0.1, 0.15) is 51.9 Å². The van der Waals surface area contributed by atoms with Gasteiger partial charge in [-0.1, -0.05) is 0 Å². The van der Waals surface area contributed by atoms with Gasteiger partial charge in [-0.25, -0.2) is 33.1 Å². The summed E-state index contributed by atoms with van der Waals surface area (Å²) in [6.07, 6.45) is 5.25. The van der Waals surface area contributed by atoms with E-state index >= 15 is 0 Å². The molecule has 0 fully saturated rings. The van der Waals surface area contributed by atoms with E-state index in [0.717, 1.165) is 50.2 Å². The van der Waals surface area contributed by atoms with Crippen molar-refractivity contribution < 1.29 is 69.6 Å². The summed E-state index contributed by atoms with van der Waals surface area (Å²) in [4.78, 5) is 79.3. The second-order valence-corrected chi connectivity index (χ2v) is 19.6. The van der Waals surface area contributed by atoms with Gasteiger partial charge < -0.3 is 44.6 Å². The SMILES string of the molecule is COC(=O)c1cc2c(-c3ccncc3)c(-c3ccc(F)cc3)n(C)c2nc1NC(=O)CNC(=O)OC(C)(C)C.Cn1c(-c2ccc(F)cc2)c(-c2ccncc2)c2cc(Br)c(NC(=O)CNC(=O)OC(C)(C)C)nc21.[O]=[Pd]. The summed E-state index contributed by atoms with van der Waals surface area (Å²) < 4.78 is 55.0. The summed E-state index contributed by atoms with van der Waals surface area (Å²) in [5.41, 5.74) is 6.12. The van der Waals surface area contributed by atoms with Crippen LogP contribution in [0.15, 0.2) is 114 Å². The summed E-state index contributed by atoms with van der Waals surface area (Å²) >= 11 is 5.01. The number of rotatable bonds is 11. The Kier molecular flexibility index (Phi) is 19.0. The maximum atomic E-state index is 13.7. The van der Waals surface area contributed by atoms with Crippen molar-refractivity contribution in [3.8, 4) is 44.8 Å². The monoisotopic (exact) mass is 1210 g/mol. The average molecular weight is 1210 g/mol. The molecule has 8 aromatic rings. The molecule has 4 amide bonds. The van der Waals surface area contributed by atoms with E-state index in [4.69, 9.17) is 22.7 Å². The van der Waals surface area contributed by atoms with Crippen LogP contribution in [0.2, 0.25) is 0 Å². The van der Waals surface area contributed by atoms with Gasteiger partial charge in [0.05, 0.1) is 23.0 Å². The number of nitrogens with zero attached hydrogens (tertiary/aromatic N) is 6. The predicted octanol–water partition coefficient (Wildman–Crippen LogP) is 10.2. The second kappa shape index (κ2) is 25.1. The summed E-state index contributed by atoms with van der Waals surface area (Å²) in [6.45, 7) is 9.64. The first-order valence-electron chi connectivity index (χ1n) is 23.3. The van der Waals surface area contributed by atoms with Gasteiger partial charge in [-0.3, -0.25) is 19.6 Å². The van der Waals surface area contributed by atoms with Crippen LogP contribution in [-0.4, -0.2) is 90.4 Å². The van der Waals surface area contributed by atoms with Crippen molar-refractivity contribution in [1.29, 1.82) is 0 Å². The topological polar surface area (TPSA) is 240 Å². The molecule has 0 aliphatic heterocycles. The molecule has 4 N–H and O–H groups in total. The molecular weight excluding hydrogens is 1160 g/mol. The number of aryl methyl sites for hydroxylation is 2. The number of amides is 4. The number of anilines is 2. The predicted molar refractivity (Wildman–Crippen MR) is 284 cm³/mol. The van der Waals surface area contributed by atoms with Crippen LogP contribution in [0.5, 0.6) is 0 Å². The van der Waals surface area contributed by atoms with Crippen molar-refractivity contribution in [1.82, 2.24) is 39.7 Å². The number of methoxy groups -OCH3 is 1. The molecule has 0 atom stereocenters. The van der Waals surface area contributed by atoms with Crippen LogP contribution in [-0.2, 0) is 60.5 Å². The molecule has 0 bridgehead atoms. The molecule has 6 aromatic heterocycles. The summed E-state index contributed by atoms with van der Waals surface area (Å²) in [5, 5.41) is 11.5. The molecule has 77 heavy (non-hydrogen) atoms. The number of carbonyl (C=O) groups excluding carboxylic acids is 5. The number of carbonyl (C=O) groups is 5. The van der Waals surface area contributed by atoms with Crippen LogP contribution in [0.25, 0.3) is 66.8 Å². The van der Waals surface area contributed by atoms with Crippen molar-refractivity contribution >= 4 is 79.6 Å². The second-order valence-electron chi connectivity index (χ2n) is 18.8. The zero-order chi connectivity index (χ0) is 56.4. The fourth-order valence-electron chi connectivity index (χ4n) is 7.91. The van der Waals surface area contributed by atoms with Crippen LogP contribution < -0.4 is 21.3 Å². The van der Waals surface area contributed by atoms with Gasteiger partial charge in [-0.05, 0) is 165 Å². The molecule has 0 radical (unpaired) electrons. The average Bonchev–Trinajstić information content (AvgIpc) is 3.84. The standard InChI is InChI=1S/C28H28FN5O5.C26H25BrFN5O3.O.Pd/c1-28(2,3)39-27(37)31-15-21(35)32-24-20(26(36)38-5)14-19-22(16-10-12-30-13-11-16)23(34(4)25(19)33-24)17-6-8-18(29)9-7-17;1-26(2,3)36-25(35)30-14-20(34)31-23-19(27)13-18-21(15-9-11-29-12-10-15)22(33(4)24(18)32-23)16-5-7-17(28)8-6-16;;/h6-14H,15H2,1-5H3,(H,31,37)(H,32,33,35);5-13H,14H2,1-4H3,(H,30,35)(H,31,32,34);;. The number of aromatic nitrogens is 6. The van der Waals surface area contributed by atoms with E-state index in [1.807, 2.05) is 41.9 Å². The third-order valence-corrected chi connectivity index (χ3v) is 11.6. The van der Waals surface area contributed by atoms with Gasteiger partial charge in [0.2, 0.25) is 11.8 Å². The fraction of sp³-hybridized carbons (Fsp3) is 0.241. The number of alkyl carbamates (subject to hydrolysis) is 2. The minimum absolute atomic E-state index is 0.0159. The zero-order valence-electron chi connectivity index (χ0n) is 43.1. The Labute approximate surface area is 460 Å². The van der Waals surface area contributed by atoms with Crippen LogP contribution in [0.4, 0.5) is 30.0 Å². The molecule has 0 saturated carbocycles. The van der Waals surface area contributed by atoms with Gasteiger partial charge in [0.15, 0.2) is 0 Å². The Hall–Kier alpha value is -8.13. The number of nitrogens with one attached hydrogen (secondary N) is 4. The Morgan fingerprint density at radius 1 is 0.584 bits per heavy atom. The summed E-state index contributed by atoms with van der Waals surface area (Å²) in [6, 6.07) is 23.2. The fourth-order valence-corrected chi connectivity index (χ4v) is 8.33. The number of fused-ring (bicyclic) bond motifs is 2. The molecule has 19 nitrogen and oxygen atoms in total. The molecule has 8 rings (SSSR count). The van der Waals surface area contributed by atoms with Crippen molar-refractivity contribution in [3.05, 3.63) is 131 Å². The number of halogens is 3. The number of benzene rings is 2. The Morgan fingerprint density at radius 3 is 1.35 bits per heavy atom. The Bertz CT molecular complexity index is 3460. The molecular formula is C54H53BrF2N10O9Pd. The van der Waals surface area contributed by atoms with Crippen LogP contribution >= 0.6 is 15.9 Å². The molecule has 23 heteroatoms. The summed E-state index contributed by atoms with van der Waals surface area (Å²) in [5.74, 6) is -2.25. The van der Waals surface area contributed by atoms with E-state index in [-0.39, 0.29) is 29.6 Å². The van der Waals surface area contributed by atoms with Crippen LogP contribution in [0.3, 0.4) is 0 Å². The third-order valence-electron chi connectivity index (χ3n) is 11.0. The van der Waals surface area contributed by atoms with Gasteiger partial charge in [-0.15, -0.1) is 0 Å². The third kappa shape index (κ3) is 14.6. The number of esters is 1. The van der Waals surface area contributed by atoms with Crippen molar-refractivity contribution in [3.63, 3.8) is 0 Å². The minimum atomic E-state index is -0.761. The van der Waals surface area contributed by atoms with E-state index in [9.17, 15) is 32.8 Å². The quantitative estimate of drug-likeness (QED) is 0.0536. The van der Waals surface area contributed by atoms with Crippen molar-refractivity contribution in [2.45, 2.75) is 52.7 Å². The molecule has 0 aliphatic carbocycles.